The average Bonchev–Trinajstić information content (AvgIpc) is 2.79. The molecule has 1 saturated heterocycles. The van der Waals surface area contributed by atoms with Crippen LogP contribution < -0.4 is 19.9 Å². The molecule has 2 aromatic rings. The summed E-state index contributed by atoms with van der Waals surface area (Å²) in [6, 6.07) is 16.9. The Balaban J connectivity index is 1.52. The fourth-order valence-corrected chi connectivity index (χ4v) is 3.79. The molecular weight excluding hydrogens is 382 g/mol. The summed E-state index contributed by atoms with van der Waals surface area (Å²) >= 11 is 0. The minimum Gasteiger partial charge on any atom is -0.495 e. The molecule has 0 aliphatic carbocycles. The van der Waals surface area contributed by atoms with Gasteiger partial charge in [-0.05, 0) is 17.7 Å². The first-order chi connectivity index (χ1) is 14.6. The molecule has 0 radical (unpaired) electrons. The molecule has 1 atom stereocenters. The lowest BCUT2D eigenvalue weighted by molar-refractivity contribution is -0.892. The van der Waals surface area contributed by atoms with Crippen LogP contribution in [0.5, 0.6) is 5.75 Å². The number of carbonyl (C=O) groups is 2. The molecule has 160 valence electrons. The number of piperazine rings is 1. The number of methoxy groups -OCH3 is 2. The summed E-state index contributed by atoms with van der Waals surface area (Å²) in [6.07, 6.45) is 0.413. The second-order valence-corrected chi connectivity index (χ2v) is 7.42. The number of carbonyl (C=O) groups excluding carboxylic acids is 2. The smallest absolute Gasteiger partial charge is 0.328 e. The second kappa shape index (κ2) is 10.6. The van der Waals surface area contributed by atoms with Gasteiger partial charge in [0.2, 0.25) is 0 Å². The fraction of sp³-hybridized carbons (Fsp3) is 0.391. The normalized spacial score (nSPS) is 15.3. The van der Waals surface area contributed by atoms with E-state index < -0.39 is 12.0 Å². The Bertz CT molecular complexity index is 835. The number of amides is 1. The molecule has 1 heterocycles. The maximum absolute atomic E-state index is 12.6. The zero-order chi connectivity index (χ0) is 21.3. The molecule has 0 saturated carbocycles. The van der Waals surface area contributed by atoms with Crippen molar-refractivity contribution in [2.45, 2.75) is 12.5 Å². The highest BCUT2D eigenvalue weighted by Gasteiger charge is 2.27. The van der Waals surface area contributed by atoms with E-state index in [1.807, 2.05) is 48.5 Å². The first kappa shape index (κ1) is 21.6. The highest BCUT2D eigenvalue weighted by Crippen LogP contribution is 2.27. The molecule has 0 bridgehead atoms. The predicted octanol–water partition coefficient (Wildman–Crippen LogP) is 0.301. The van der Waals surface area contributed by atoms with Gasteiger partial charge in [0.1, 0.15) is 11.8 Å². The van der Waals surface area contributed by atoms with E-state index >= 15 is 0 Å². The SMILES string of the molecule is COC(=O)[C@@H](Cc1ccccc1)NC(=O)C[NH+]1CCN(c2ccccc2OC)CC1. The van der Waals surface area contributed by atoms with Crippen LogP contribution in [-0.4, -0.2) is 64.9 Å². The minimum atomic E-state index is -0.681. The van der Waals surface area contributed by atoms with Gasteiger partial charge in [-0.2, -0.15) is 0 Å². The number of para-hydroxylation sites is 2. The van der Waals surface area contributed by atoms with Gasteiger partial charge in [0, 0.05) is 6.42 Å². The van der Waals surface area contributed by atoms with E-state index in [-0.39, 0.29) is 5.91 Å². The molecule has 1 amide bonds. The molecular formula is C23H30N3O4+. The van der Waals surface area contributed by atoms with Crippen LogP contribution in [0, 0.1) is 0 Å². The first-order valence-corrected chi connectivity index (χ1v) is 10.2. The van der Waals surface area contributed by atoms with E-state index in [1.165, 1.54) is 12.0 Å². The molecule has 2 N–H and O–H groups in total. The quantitative estimate of drug-likeness (QED) is 0.611. The van der Waals surface area contributed by atoms with Crippen molar-refractivity contribution in [1.29, 1.82) is 0 Å². The van der Waals surface area contributed by atoms with E-state index in [1.54, 1.807) is 7.11 Å². The molecule has 1 aliphatic heterocycles. The van der Waals surface area contributed by atoms with Crippen molar-refractivity contribution in [3.05, 3.63) is 60.2 Å². The number of rotatable bonds is 8. The summed E-state index contributed by atoms with van der Waals surface area (Å²) in [6.45, 7) is 3.70. The number of hydrogen-bond acceptors (Lipinski definition) is 5. The maximum Gasteiger partial charge on any atom is 0.328 e. The summed E-state index contributed by atoms with van der Waals surface area (Å²) in [5.41, 5.74) is 2.06. The number of anilines is 1. The molecule has 0 spiro atoms. The number of ether oxygens (including phenoxy) is 2. The molecule has 7 heteroatoms. The zero-order valence-electron chi connectivity index (χ0n) is 17.6. The van der Waals surface area contributed by atoms with Gasteiger partial charge in [-0.3, -0.25) is 4.79 Å². The van der Waals surface area contributed by atoms with Crippen LogP contribution in [0.25, 0.3) is 0 Å². The zero-order valence-corrected chi connectivity index (χ0v) is 17.6. The second-order valence-electron chi connectivity index (χ2n) is 7.42. The number of hydrogen-bond donors (Lipinski definition) is 2. The van der Waals surface area contributed by atoms with Gasteiger partial charge in [0.05, 0.1) is 46.1 Å². The van der Waals surface area contributed by atoms with Gasteiger partial charge in [0.15, 0.2) is 6.54 Å². The highest BCUT2D eigenvalue weighted by atomic mass is 16.5. The van der Waals surface area contributed by atoms with E-state index in [2.05, 4.69) is 16.3 Å². The van der Waals surface area contributed by atoms with E-state index in [9.17, 15) is 9.59 Å². The lowest BCUT2D eigenvalue weighted by atomic mass is 10.1. The number of nitrogens with one attached hydrogen (secondary N) is 2. The Hall–Kier alpha value is -3.06. The lowest BCUT2D eigenvalue weighted by Gasteiger charge is -2.34. The van der Waals surface area contributed by atoms with E-state index in [0.717, 1.165) is 43.2 Å². The Kier molecular flexibility index (Phi) is 7.68. The van der Waals surface area contributed by atoms with Gasteiger partial charge in [-0.15, -0.1) is 0 Å². The molecule has 3 rings (SSSR count). The fourth-order valence-electron chi connectivity index (χ4n) is 3.79. The summed E-state index contributed by atoms with van der Waals surface area (Å²) in [5.74, 6) is 0.297. The van der Waals surface area contributed by atoms with Crippen LogP contribution in [0.15, 0.2) is 54.6 Å². The molecule has 30 heavy (non-hydrogen) atoms. The van der Waals surface area contributed by atoms with Crippen LogP contribution in [0.3, 0.4) is 0 Å². The Morgan fingerprint density at radius 2 is 1.70 bits per heavy atom. The molecule has 1 fully saturated rings. The van der Waals surface area contributed by atoms with Gasteiger partial charge >= 0.3 is 5.97 Å². The third kappa shape index (κ3) is 5.73. The largest absolute Gasteiger partial charge is 0.495 e. The third-order valence-corrected chi connectivity index (χ3v) is 5.41. The molecule has 7 nitrogen and oxygen atoms in total. The van der Waals surface area contributed by atoms with Gasteiger partial charge < -0.3 is 24.6 Å². The Morgan fingerprint density at radius 1 is 1.03 bits per heavy atom. The van der Waals surface area contributed by atoms with Gasteiger partial charge in [0.25, 0.3) is 5.91 Å². The van der Waals surface area contributed by atoms with Gasteiger partial charge in [-0.25, -0.2) is 4.79 Å². The summed E-state index contributed by atoms with van der Waals surface area (Å²) in [5, 5.41) is 2.86. The van der Waals surface area contributed by atoms with Crippen LogP contribution in [0.4, 0.5) is 5.69 Å². The highest BCUT2D eigenvalue weighted by molar-refractivity contribution is 5.85. The molecule has 0 unspecified atom stereocenters. The van der Waals surface area contributed by atoms with E-state index in [4.69, 9.17) is 9.47 Å². The summed E-state index contributed by atoms with van der Waals surface area (Å²) in [4.78, 5) is 28.2. The molecule has 1 aliphatic rings. The molecule has 0 aromatic heterocycles. The van der Waals surface area contributed by atoms with Crippen molar-refractivity contribution in [3.8, 4) is 5.75 Å². The van der Waals surface area contributed by atoms with Crippen LogP contribution in [0.2, 0.25) is 0 Å². The van der Waals surface area contributed by atoms with Crippen LogP contribution in [-0.2, 0) is 20.7 Å². The number of esters is 1. The number of quaternary nitrogens is 1. The van der Waals surface area contributed by atoms with Crippen molar-refractivity contribution in [3.63, 3.8) is 0 Å². The lowest BCUT2D eigenvalue weighted by Crippen LogP contribution is -3.16. The summed E-state index contributed by atoms with van der Waals surface area (Å²) < 4.78 is 10.3. The maximum atomic E-state index is 12.6. The van der Waals surface area contributed by atoms with Crippen molar-refractivity contribution < 1.29 is 24.0 Å². The van der Waals surface area contributed by atoms with Crippen molar-refractivity contribution >= 4 is 17.6 Å². The monoisotopic (exact) mass is 412 g/mol. The van der Waals surface area contributed by atoms with Crippen LogP contribution >= 0.6 is 0 Å². The topological polar surface area (TPSA) is 72.3 Å². The van der Waals surface area contributed by atoms with Crippen molar-refractivity contribution in [2.75, 3.05) is 51.8 Å². The first-order valence-electron chi connectivity index (χ1n) is 10.2. The average molecular weight is 413 g/mol. The number of nitrogens with zero attached hydrogens (tertiary/aromatic N) is 1. The Labute approximate surface area is 177 Å². The van der Waals surface area contributed by atoms with Crippen LogP contribution in [0.1, 0.15) is 5.56 Å². The third-order valence-electron chi connectivity index (χ3n) is 5.41. The van der Waals surface area contributed by atoms with E-state index in [0.29, 0.717) is 13.0 Å². The standard InChI is InChI=1S/C23H29N3O4/c1-29-21-11-7-6-10-20(21)26-14-12-25(13-15-26)17-22(27)24-19(23(28)30-2)16-18-8-4-3-5-9-18/h3-11,19H,12-17H2,1-2H3,(H,24,27)/p+1/t19-/m1/s1. The van der Waals surface area contributed by atoms with Crippen molar-refractivity contribution in [1.82, 2.24) is 5.32 Å². The Morgan fingerprint density at radius 3 is 2.37 bits per heavy atom. The van der Waals surface area contributed by atoms with Gasteiger partial charge in [-0.1, -0.05) is 42.5 Å². The minimum absolute atomic E-state index is 0.137. The predicted molar refractivity (Wildman–Crippen MR) is 115 cm³/mol. The summed E-state index contributed by atoms with van der Waals surface area (Å²) in [7, 11) is 3.02. The molecule has 2 aromatic carbocycles. The number of benzene rings is 2. The van der Waals surface area contributed by atoms with Crippen molar-refractivity contribution in [2.24, 2.45) is 0 Å².